The molecule has 2 heteroatoms. The Morgan fingerprint density at radius 3 is 2.58 bits per heavy atom. The second-order valence-electron chi connectivity index (χ2n) is 3.41. The molecule has 0 heterocycles. The van der Waals surface area contributed by atoms with Gasteiger partial charge in [-0.1, -0.05) is 18.6 Å². The third kappa shape index (κ3) is 6.38. The molecule has 0 amide bonds. The highest BCUT2D eigenvalue weighted by Crippen LogP contribution is 2.11. The fourth-order valence-electron chi connectivity index (χ4n) is 1.08. The summed E-state index contributed by atoms with van der Waals surface area (Å²) >= 11 is 0. The van der Waals surface area contributed by atoms with E-state index in [9.17, 15) is 0 Å². The van der Waals surface area contributed by atoms with Crippen molar-refractivity contribution in [1.82, 2.24) is 0 Å². The van der Waals surface area contributed by atoms with E-state index in [0.717, 1.165) is 19.3 Å². The first kappa shape index (κ1) is 11.7. The third-order valence-corrected chi connectivity index (χ3v) is 2.02. The topological polar surface area (TPSA) is 40.5 Å². The van der Waals surface area contributed by atoms with Gasteiger partial charge in [0.1, 0.15) is 0 Å². The standard InChI is InChI=1S/C10H20O2/c1-9(6-7-11)4-3-5-10(2)8-12/h6,10-12H,3-5,7-8H2,1-2H3/b9-6-/t10-/m1/s1. The maximum Gasteiger partial charge on any atom is 0.0614 e. The van der Waals surface area contributed by atoms with E-state index in [-0.39, 0.29) is 13.2 Å². The van der Waals surface area contributed by atoms with Crippen LogP contribution in [-0.2, 0) is 0 Å². The summed E-state index contributed by atoms with van der Waals surface area (Å²) in [5, 5.41) is 17.3. The average Bonchev–Trinajstić information content (AvgIpc) is 2.04. The van der Waals surface area contributed by atoms with Gasteiger partial charge in [-0.3, -0.25) is 0 Å². The Kier molecular flexibility index (Phi) is 7.11. The summed E-state index contributed by atoms with van der Waals surface area (Å²) in [4.78, 5) is 0. The summed E-state index contributed by atoms with van der Waals surface area (Å²) in [6, 6.07) is 0. The molecule has 0 rings (SSSR count). The number of aliphatic hydroxyl groups excluding tert-OH is 2. The lowest BCUT2D eigenvalue weighted by molar-refractivity contribution is 0.228. The van der Waals surface area contributed by atoms with Gasteiger partial charge < -0.3 is 10.2 Å². The zero-order valence-corrected chi connectivity index (χ0v) is 8.08. The van der Waals surface area contributed by atoms with Crippen LogP contribution in [0.5, 0.6) is 0 Å². The predicted octanol–water partition coefficient (Wildman–Crippen LogP) is 1.72. The highest BCUT2D eigenvalue weighted by molar-refractivity contribution is 4.97. The second kappa shape index (κ2) is 7.32. The van der Waals surface area contributed by atoms with Gasteiger partial charge in [0, 0.05) is 6.61 Å². The fourth-order valence-corrected chi connectivity index (χ4v) is 1.08. The minimum Gasteiger partial charge on any atom is -0.396 e. The highest BCUT2D eigenvalue weighted by Gasteiger charge is 1.99. The highest BCUT2D eigenvalue weighted by atomic mass is 16.3. The molecule has 1 atom stereocenters. The first-order valence-corrected chi connectivity index (χ1v) is 4.58. The lowest BCUT2D eigenvalue weighted by Gasteiger charge is -2.06. The van der Waals surface area contributed by atoms with Crippen LogP contribution in [0, 0.1) is 5.92 Å². The molecule has 0 aliphatic rings. The summed E-state index contributed by atoms with van der Waals surface area (Å²) in [7, 11) is 0. The molecule has 0 aromatic rings. The molecule has 12 heavy (non-hydrogen) atoms. The van der Waals surface area contributed by atoms with Crippen LogP contribution in [0.2, 0.25) is 0 Å². The smallest absolute Gasteiger partial charge is 0.0614 e. The minimum absolute atomic E-state index is 0.140. The van der Waals surface area contributed by atoms with Crippen LogP contribution < -0.4 is 0 Å². The number of allylic oxidation sites excluding steroid dienone is 1. The van der Waals surface area contributed by atoms with Crippen molar-refractivity contribution in [1.29, 1.82) is 0 Å². The Labute approximate surface area is 74.9 Å². The van der Waals surface area contributed by atoms with Gasteiger partial charge in [-0.25, -0.2) is 0 Å². The molecular weight excluding hydrogens is 152 g/mol. The lowest BCUT2D eigenvalue weighted by Crippen LogP contribution is -1.99. The largest absolute Gasteiger partial charge is 0.396 e. The molecule has 2 N–H and O–H groups in total. The van der Waals surface area contributed by atoms with Crippen molar-refractivity contribution in [2.45, 2.75) is 33.1 Å². The zero-order valence-electron chi connectivity index (χ0n) is 8.08. The van der Waals surface area contributed by atoms with Gasteiger partial charge in [0.2, 0.25) is 0 Å². The molecule has 72 valence electrons. The van der Waals surface area contributed by atoms with Gasteiger partial charge in [-0.15, -0.1) is 0 Å². The maximum atomic E-state index is 8.75. The number of aliphatic hydroxyl groups is 2. The minimum atomic E-state index is 0.140. The summed E-state index contributed by atoms with van der Waals surface area (Å²) in [6.07, 6.45) is 5.03. The van der Waals surface area contributed by atoms with E-state index in [1.807, 2.05) is 19.9 Å². The van der Waals surface area contributed by atoms with Gasteiger partial charge in [0.05, 0.1) is 6.61 Å². The summed E-state index contributed by atoms with van der Waals surface area (Å²) in [5.41, 5.74) is 1.24. The normalized spacial score (nSPS) is 14.8. The Balaban J connectivity index is 3.36. The average molecular weight is 172 g/mol. The van der Waals surface area contributed by atoms with Crippen molar-refractivity contribution >= 4 is 0 Å². The predicted molar refractivity (Wildman–Crippen MR) is 50.9 cm³/mol. The van der Waals surface area contributed by atoms with Crippen molar-refractivity contribution in [2.24, 2.45) is 5.92 Å². The maximum absolute atomic E-state index is 8.75. The molecule has 0 unspecified atom stereocenters. The van der Waals surface area contributed by atoms with Crippen molar-refractivity contribution < 1.29 is 10.2 Å². The second-order valence-corrected chi connectivity index (χ2v) is 3.41. The van der Waals surface area contributed by atoms with Gasteiger partial charge in [0.15, 0.2) is 0 Å². The van der Waals surface area contributed by atoms with Crippen LogP contribution in [0.3, 0.4) is 0 Å². The molecule has 0 saturated carbocycles. The van der Waals surface area contributed by atoms with E-state index in [0.29, 0.717) is 5.92 Å². The summed E-state index contributed by atoms with van der Waals surface area (Å²) in [6.45, 7) is 4.50. The Hall–Kier alpha value is -0.340. The number of hydrogen-bond donors (Lipinski definition) is 2. The molecule has 0 fully saturated rings. The van der Waals surface area contributed by atoms with Gasteiger partial charge >= 0.3 is 0 Å². The molecular formula is C10H20O2. The molecule has 0 spiro atoms. The zero-order chi connectivity index (χ0) is 9.40. The van der Waals surface area contributed by atoms with Gasteiger partial charge in [0.25, 0.3) is 0 Å². The van der Waals surface area contributed by atoms with Crippen LogP contribution in [-0.4, -0.2) is 23.4 Å². The molecule has 0 bridgehead atoms. The molecule has 0 aliphatic heterocycles. The van der Waals surface area contributed by atoms with Crippen molar-refractivity contribution in [3.05, 3.63) is 11.6 Å². The third-order valence-electron chi connectivity index (χ3n) is 2.02. The Bertz CT molecular complexity index is 130. The number of rotatable bonds is 6. The molecule has 0 radical (unpaired) electrons. The van der Waals surface area contributed by atoms with Gasteiger partial charge in [-0.05, 0) is 32.1 Å². The monoisotopic (exact) mass is 172 g/mol. The SMILES string of the molecule is C/C(=C/CO)CCC[C@@H](C)CO. The van der Waals surface area contributed by atoms with Crippen molar-refractivity contribution in [2.75, 3.05) is 13.2 Å². The summed E-state index contributed by atoms with van der Waals surface area (Å²) in [5.74, 6) is 0.409. The summed E-state index contributed by atoms with van der Waals surface area (Å²) < 4.78 is 0. The van der Waals surface area contributed by atoms with Crippen LogP contribution in [0.1, 0.15) is 33.1 Å². The molecule has 2 nitrogen and oxygen atoms in total. The first-order chi connectivity index (χ1) is 5.70. The van der Waals surface area contributed by atoms with Crippen LogP contribution in [0.25, 0.3) is 0 Å². The van der Waals surface area contributed by atoms with Crippen LogP contribution in [0.15, 0.2) is 11.6 Å². The molecule has 0 saturated heterocycles. The van der Waals surface area contributed by atoms with Crippen LogP contribution >= 0.6 is 0 Å². The van der Waals surface area contributed by atoms with E-state index < -0.39 is 0 Å². The van der Waals surface area contributed by atoms with Crippen molar-refractivity contribution in [3.63, 3.8) is 0 Å². The van der Waals surface area contributed by atoms with E-state index >= 15 is 0 Å². The Morgan fingerprint density at radius 2 is 2.08 bits per heavy atom. The van der Waals surface area contributed by atoms with E-state index in [1.54, 1.807) is 0 Å². The molecule has 0 aliphatic carbocycles. The molecule has 0 aromatic carbocycles. The fraction of sp³-hybridized carbons (Fsp3) is 0.800. The van der Waals surface area contributed by atoms with Crippen molar-refractivity contribution in [3.8, 4) is 0 Å². The lowest BCUT2D eigenvalue weighted by atomic mass is 10.0. The van der Waals surface area contributed by atoms with Crippen LogP contribution in [0.4, 0.5) is 0 Å². The first-order valence-electron chi connectivity index (χ1n) is 4.58. The van der Waals surface area contributed by atoms with E-state index in [2.05, 4.69) is 0 Å². The Morgan fingerprint density at radius 1 is 1.42 bits per heavy atom. The van der Waals surface area contributed by atoms with E-state index in [4.69, 9.17) is 10.2 Å². The van der Waals surface area contributed by atoms with E-state index in [1.165, 1.54) is 5.57 Å². The number of hydrogen-bond acceptors (Lipinski definition) is 2. The molecule has 0 aromatic heterocycles. The quantitative estimate of drug-likeness (QED) is 0.599. The van der Waals surface area contributed by atoms with Gasteiger partial charge in [-0.2, -0.15) is 0 Å².